The quantitative estimate of drug-likeness (QED) is 0.378. The van der Waals surface area contributed by atoms with E-state index in [1.807, 2.05) is 0 Å². The number of aliphatic imine (C=N–C) groups is 1. The molecule has 0 amide bonds. The largest absolute Gasteiger partial charge is 0.302 e. The van der Waals surface area contributed by atoms with E-state index in [1.165, 1.54) is 38.9 Å². The van der Waals surface area contributed by atoms with Gasteiger partial charge in [0.1, 0.15) is 5.84 Å². The molecule has 3 aromatic rings. The van der Waals surface area contributed by atoms with Gasteiger partial charge in [0.25, 0.3) is 0 Å². The Labute approximate surface area is 149 Å². The van der Waals surface area contributed by atoms with E-state index in [1.54, 1.807) is 0 Å². The molecule has 126 valence electrons. The van der Waals surface area contributed by atoms with Gasteiger partial charge >= 0.3 is 0 Å². The van der Waals surface area contributed by atoms with Crippen molar-refractivity contribution in [2.45, 2.75) is 40.5 Å². The second kappa shape index (κ2) is 6.03. The summed E-state index contributed by atoms with van der Waals surface area (Å²) in [6, 6.07) is 13.0. The van der Waals surface area contributed by atoms with Crippen LogP contribution in [0.15, 0.2) is 47.5 Å². The molecule has 0 saturated carbocycles. The molecule has 1 aromatic heterocycles. The number of hydrogen-bond acceptors (Lipinski definition) is 1. The molecule has 4 rings (SSSR count). The summed E-state index contributed by atoms with van der Waals surface area (Å²) >= 11 is 0. The van der Waals surface area contributed by atoms with Crippen LogP contribution >= 0.6 is 0 Å². The fraction of sp³-hybridized carbons (Fsp3) is 0.261. The van der Waals surface area contributed by atoms with E-state index in [4.69, 9.17) is 4.99 Å². The van der Waals surface area contributed by atoms with E-state index in [0.29, 0.717) is 0 Å². The molecule has 2 nitrogen and oxygen atoms in total. The van der Waals surface area contributed by atoms with Crippen LogP contribution in [0, 0.1) is 20.8 Å². The van der Waals surface area contributed by atoms with Crippen molar-refractivity contribution in [1.82, 2.24) is 4.57 Å². The molecule has 1 aliphatic rings. The number of fused-ring (bicyclic) bond motifs is 2. The van der Waals surface area contributed by atoms with E-state index in [9.17, 15) is 0 Å². The van der Waals surface area contributed by atoms with Crippen LogP contribution in [0.25, 0.3) is 17.0 Å². The van der Waals surface area contributed by atoms with Crippen LogP contribution in [0.4, 0.5) is 5.69 Å². The molecule has 2 heteroatoms. The van der Waals surface area contributed by atoms with Gasteiger partial charge in [-0.2, -0.15) is 0 Å². The summed E-state index contributed by atoms with van der Waals surface area (Å²) in [6.07, 6.45) is 6.66. The predicted molar refractivity (Wildman–Crippen MR) is 108 cm³/mol. The monoisotopic (exact) mass is 328 g/mol. The van der Waals surface area contributed by atoms with Crippen molar-refractivity contribution in [2.24, 2.45) is 4.99 Å². The highest BCUT2D eigenvalue weighted by Crippen LogP contribution is 2.33. The van der Waals surface area contributed by atoms with E-state index < -0.39 is 0 Å². The standard InChI is InChI=1S/C23H24N2/c1-15-13-14-19-9-5-6-11-21(19)23(15)24-18(4)25-17(3)16(2)20-10-7-8-12-22(20)25/h5,7-10,12-14H,6,11H2,1-4H3. The number of nitrogens with zero attached hydrogens (tertiary/aromatic N) is 2. The molecular weight excluding hydrogens is 304 g/mol. The van der Waals surface area contributed by atoms with Gasteiger partial charge in [0.05, 0.1) is 11.2 Å². The van der Waals surface area contributed by atoms with Crippen LogP contribution in [0.5, 0.6) is 0 Å². The molecule has 0 bridgehead atoms. The van der Waals surface area contributed by atoms with Crippen LogP contribution in [-0.4, -0.2) is 10.4 Å². The minimum absolute atomic E-state index is 1.04. The molecule has 0 atom stereocenters. The third kappa shape index (κ3) is 2.53. The van der Waals surface area contributed by atoms with Gasteiger partial charge in [-0.25, -0.2) is 4.99 Å². The average molecular weight is 328 g/mol. The summed E-state index contributed by atoms with van der Waals surface area (Å²) in [5, 5.41) is 1.31. The zero-order valence-electron chi connectivity index (χ0n) is 15.4. The van der Waals surface area contributed by atoms with E-state index in [2.05, 4.69) is 80.8 Å². The topological polar surface area (TPSA) is 17.3 Å². The molecule has 0 N–H and O–H groups in total. The molecule has 0 aliphatic heterocycles. The predicted octanol–water partition coefficient (Wildman–Crippen LogP) is 6.12. The molecule has 0 unspecified atom stereocenters. The summed E-state index contributed by atoms with van der Waals surface area (Å²) < 4.78 is 2.29. The van der Waals surface area contributed by atoms with Crippen LogP contribution in [0.2, 0.25) is 0 Å². The number of aromatic nitrogens is 1. The summed E-state index contributed by atoms with van der Waals surface area (Å²) in [6.45, 7) is 8.67. The minimum Gasteiger partial charge on any atom is -0.302 e. The molecule has 1 heterocycles. The van der Waals surface area contributed by atoms with E-state index in [-0.39, 0.29) is 0 Å². The Hall–Kier alpha value is -2.61. The van der Waals surface area contributed by atoms with Gasteiger partial charge in [-0.05, 0) is 68.9 Å². The smallest absolute Gasteiger partial charge is 0.110 e. The van der Waals surface area contributed by atoms with Crippen molar-refractivity contribution in [3.63, 3.8) is 0 Å². The Kier molecular flexibility index (Phi) is 3.84. The van der Waals surface area contributed by atoms with E-state index >= 15 is 0 Å². The summed E-state index contributed by atoms with van der Waals surface area (Å²) in [7, 11) is 0. The molecular formula is C23H24N2. The molecule has 0 radical (unpaired) electrons. The fourth-order valence-electron chi connectivity index (χ4n) is 3.94. The number of rotatable bonds is 1. The molecule has 0 fully saturated rings. The maximum Gasteiger partial charge on any atom is 0.110 e. The van der Waals surface area contributed by atoms with Crippen LogP contribution in [-0.2, 0) is 6.42 Å². The van der Waals surface area contributed by atoms with Crippen molar-refractivity contribution in [1.29, 1.82) is 0 Å². The lowest BCUT2D eigenvalue weighted by molar-refractivity contribution is 0.978. The highest BCUT2D eigenvalue weighted by atomic mass is 15.1. The summed E-state index contributed by atoms with van der Waals surface area (Å²) in [5.41, 5.74) is 8.93. The number of allylic oxidation sites excluding steroid dienone is 1. The van der Waals surface area contributed by atoms with E-state index in [0.717, 1.165) is 24.4 Å². The zero-order chi connectivity index (χ0) is 17.6. The first-order chi connectivity index (χ1) is 12.1. The van der Waals surface area contributed by atoms with Crippen molar-refractivity contribution < 1.29 is 0 Å². The number of hydrogen-bond donors (Lipinski definition) is 0. The second-order valence-electron chi connectivity index (χ2n) is 6.96. The SMILES string of the molecule is CC(=Nc1c(C)ccc2c1CCC=C2)n1c(C)c(C)c2ccccc21. The Morgan fingerprint density at radius 3 is 2.68 bits per heavy atom. The number of para-hydroxylation sites is 1. The maximum atomic E-state index is 5.11. The zero-order valence-corrected chi connectivity index (χ0v) is 15.4. The maximum absolute atomic E-state index is 5.11. The average Bonchev–Trinajstić information content (AvgIpc) is 2.89. The van der Waals surface area contributed by atoms with Gasteiger partial charge in [-0.3, -0.25) is 0 Å². The molecule has 0 spiro atoms. The Balaban J connectivity index is 1.93. The van der Waals surface area contributed by atoms with Crippen molar-refractivity contribution in [3.05, 3.63) is 70.4 Å². The Morgan fingerprint density at radius 2 is 1.84 bits per heavy atom. The Bertz CT molecular complexity index is 1030. The summed E-state index contributed by atoms with van der Waals surface area (Å²) in [4.78, 5) is 5.11. The first-order valence-corrected chi connectivity index (χ1v) is 8.99. The Morgan fingerprint density at radius 1 is 1.04 bits per heavy atom. The lowest BCUT2D eigenvalue weighted by atomic mass is 9.93. The number of aryl methyl sites for hydroxylation is 2. The second-order valence-corrected chi connectivity index (χ2v) is 6.96. The lowest BCUT2D eigenvalue weighted by Gasteiger charge is -2.16. The van der Waals surface area contributed by atoms with Crippen LogP contribution in [0.1, 0.15) is 41.3 Å². The summed E-state index contributed by atoms with van der Waals surface area (Å²) in [5.74, 6) is 1.04. The van der Waals surface area contributed by atoms with Crippen molar-refractivity contribution >= 4 is 28.5 Å². The third-order valence-corrected chi connectivity index (χ3v) is 5.40. The van der Waals surface area contributed by atoms with Gasteiger partial charge in [-0.1, -0.05) is 42.5 Å². The molecule has 25 heavy (non-hydrogen) atoms. The third-order valence-electron chi connectivity index (χ3n) is 5.40. The lowest BCUT2D eigenvalue weighted by Crippen LogP contribution is -2.09. The highest BCUT2D eigenvalue weighted by molar-refractivity contribution is 5.98. The van der Waals surface area contributed by atoms with Gasteiger partial charge in [0.15, 0.2) is 0 Å². The van der Waals surface area contributed by atoms with Gasteiger partial charge < -0.3 is 4.57 Å². The molecule has 1 aliphatic carbocycles. The molecule has 2 aromatic carbocycles. The first kappa shape index (κ1) is 15.9. The number of benzene rings is 2. The van der Waals surface area contributed by atoms with Gasteiger partial charge in [-0.15, -0.1) is 0 Å². The fourth-order valence-corrected chi connectivity index (χ4v) is 3.94. The normalized spacial score (nSPS) is 14.2. The van der Waals surface area contributed by atoms with Crippen LogP contribution in [0.3, 0.4) is 0 Å². The first-order valence-electron chi connectivity index (χ1n) is 8.99. The molecule has 0 saturated heterocycles. The van der Waals surface area contributed by atoms with Crippen molar-refractivity contribution in [3.8, 4) is 0 Å². The minimum atomic E-state index is 1.04. The highest BCUT2D eigenvalue weighted by Gasteiger charge is 2.15. The van der Waals surface area contributed by atoms with Gasteiger partial charge in [0.2, 0.25) is 0 Å². The van der Waals surface area contributed by atoms with Crippen LogP contribution < -0.4 is 0 Å². The van der Waals surface area contributed by atoms with Crippen molar-refractivity contribution in [2.75, 3.05) is 0 Å². The van der Waals surface area contributed by atoms with Gasteiger partial charge in [0, 0.05) is 11.1 Å².